The number of nitrogens with two attached hydrogens (primary N) is 1. The molecule has 0 spiro atoms. The Labute approximate surface area is 128 Å². The third-order valence-corrected chi connectivity index (χ3v) is 3.38. The van der Waals surface area contributed by atoms with Crippen LogP contribution in [-0.2, 0) is 4.79 Å². The topological polar surface area (TPSA) is 64.4 Å². The second kappa shape index (κ2) is 8.67. The van der Waals surface area contributed by atoms with Gasteiger partial charge in [-0.25, -0.2) is 0 Å². The Bertz CT molecular complexity index is 446. The normalized spacial score (nSPS) is 13.8. The van der Waals surface area contributed by atoms with E-state index in [2.05, 4.69) is 12.2 Å². The summed E-state index contributed by atoms with van der Waals surface area (Å²) in [5.41, 5.74) is 6.71. The molecule has 0 aliphatic rings. The summed E-state index contributed by atoms with van der Waals surface area (Å²) >= 11 is 0. The zero-order valence-corrected chi connectivity index (χ0v) is 13.6. The molecular formula is C17H28N2O2. The highest BCUT2D eigenvalue weighted by molar-refractivity contribution is 5.79. The van der Waals surface area contributed by atoms with E-state index in [4.69, 9.17) is 10.5 Å². The Morgan fingerprint density at radius 3 is 2.62 bits per heavy atom. The van der Waals surface area contributed by atoms with Crippen LogP contribution in [0.5, 0.6) is 5.75 Å². The largest absolute Gasteiger partial charge is 0.491 e. The van der Waals surface area contributed by atoms with Crippen molar-refractivity contribution in [2.45, 2.75) is 52.7 Å². The molecule has 2 unspecified atom stereocenters. The van der Waals surface area contributed by atoms with E-state index in [-0.39, 0.29) is 24.0 Å². The van der Waals surface area contributed by atoms with Gasteiger partial charge in [0.2, 0.25) is 5.91 Å². The van der Waals surface area contributed by atoms with Gasteiger partial charge in [-0.05, 0) is 44.9 Å². The summed E-state index contributed by atoms with van der Waals surface area (Å²) in [4.78, 5) is 12.2. The van der Waals surface area contributed by atoms with Crippen molar-refractivity contribution in [3.63, 3.8) is 0 Å². The van der Waals surface area contributed by atoms with Crippen molar-refractivity contribution in [1.29, 1.82) is 0 Å². The molecule has 1 amide bonds. The van der Waals surface area contributed by atoms with Gasteiger partial charge >= 0.3 is 0 Å². The average molecular weight is 292 g/mol. The summed E-state index contributed by atoms with van der Waals surface area (Å²) < 4.78 is 5.68. The van der Waals surface area contributed by atoms with E-state index in [0.29, 0.717) is 6.54 Å². The minimum Gasteiger partial charge on any atom is -0.491 e. The number of carbonyl (C=O) groups excluding carboxylic acids is 1. The van der Waals surface area contributed by atoms with E-state index in [1.807, 2.05) is 45.0 Å². The van der Waals surface area contributed by atoms with Gasteiger partial charge in [0.25, 0.3) is 0 Å². The van der Waals surface area contributed by atoms with E-state index >= 15 is 0 Å². The van der Waals surface area contributed by atoms with Crippen molar-refractivity contribution in [1.82, 2.24) is 5.32 Å². The van der Waals surface area contributed by atoms with Gasteiger partial charge < -0.3 is 15.8 Å². The van der Waals surface area contributed by atoms with Crippen LogP contribution in [0.1, 0.15) is 52.1 Å². The number of hydrogen-bond acceptors (Lipinski definition) is 3. The molecule has 1 aromatic rings. The molecule has 118 valence electrons. The second-order valence-electron chi connectivity index (χ2n) is 5.69. The maximum atomic E-state index is 12.2. The lowest BCUT2D eigenvalue weighted by molar-refractivity contribution is -0.125. The molecule has 21 heavy (non-hydrogen) atoms. The van der Waals surface area contributed by atoms with Gasteiger partial charge in [-0.2, -0.15) is 0 Å². The molecule has 1 rings (SSSR count). The molecule has 2 atom stereocenters. The Kier molecular flexibility index (Phi) is 7.23. The van der Waals surface area contributed by atoms with Crippen molar-refractivity contribution in [3.8, 4) is 5.75 Å². The maximum absolute atomic E-state index is 12.2. The van der Waals surface area contributed by atoms with Gasteiger partial charge in [0, 0.05) is 6.54 Å². The lowest BCUT2D eigenvalue weighted by Crippen LogP contribution is -2.36. The number of carbonyl (C=O) groups is 1. The van der Waals surface area contributed by atoms with Gasteiger partial charge in [-0.3, -0.25) is 4.79 Å². The molecule has 1 aromatic carbocycles. The lowest BCUT2D eigenvalue weighted by Gasteiger charge is -2.20. The van der Waals surface area contributed by atoms with Crippen molar-refractivity contribution in [2.24, 2.45) is 11.7 Å². The van der Waals surface area contributed by atoms with Gasteiger partial charge in [0.05, 0.1) is 18.1 Å². The van der Waals surface area contributed by atoms with Gasteiger partial charge in [-0.1, -0.05) is 25.5 Å². The molecule has 0 heterocycles. The zero-order valence-electron chi connectivity index (χ0n) is 13.6. The third-order valence-electron chi connectivity index (χ3n) is 3.38. The predicted molar refractivity (Wildman–Crippen MR) is 86.2 cm³/mol. The summed E-state index contributed by atoms with van der Waals surface area (Å²) in [6, 6.07) is 7.79. The van der Waals surface area contributed by atoms with Crippen molar-refractivity contribution >= 4 is 5.91 Å². The Balaban J connectivity index is 2.70. The first-order chi connectivity index (χ1) is 9.97. The monoisotopic (exact) mass is 292 g/mol. The number of amides is 1. The molecule has 0 aliphatic heterocycles. The maximum Gasteiger partial charge on any atom is 0.224 e. The highest BCUT2D eigenvalue weighted by Crippen LogP contribution is 2.20. The van der Waals surface area contributed by atoms with Crippen LogP contribution in [0.2, 0.25) is 0 Å². The molecule has 0 saturated heterocycles. The van der Waals surface area contributed by atoms with E-state index in [9.17, 15) is 4.79 Å². The molecule has 0 aliphatic carbocycles. The molecule has 4 heteroatoms. The SMILES string of the molecule is CCCC(CN)C(=O)NC(C)c1cccc(OC(C)C)c1. The molecule has 4 nitrogen and oxygen atoms in total. The number of nitrogens with one attached hydrogen (secondary N) is 1. The van der Waals surface area contributed by atoms with Crippen molar-refractivity contribution < 1.29 is 9.53 Å². The molecule has 0 fully saturated rings. The van der Waals surface area contributed by atoms with Crippen LogP contribution in [0.4, 0.5) is 0 Å². The average Bonchev–Trinajstić information content (AvgIpc) is 2.44. The van der Waals surface area contributed by atoms with Crippen LogP contribution in [-0.4, -0.2) is 18.6 Å². The summed E-state index contributed by atoms with van der Waals surface area (Å²) in [5, 5.41) is 3.04. The standard InChI is InChI=1S/C17H28N2O2/c1-5-7-15(11-18)17(20)19-13(4)14-8-6-9-16(10-14)21-12(2)3/h6,8-10,12-13,15H,5,7,11,18H2,1-4H3,(H,19,20). The fourth-order valence-electron chi connectivity index (χ4n) is 2.25. The number of ether oxygens (including phenoxy) is 1. The van der Waals surface area contributed by atoms with Crippen LogP contribution in [0.25, 0.3) is 0 Å². The highest BCUT2D eigenvalue weighted by atomic mass is 16.5. The van der Waals surface area contributed by atoms with Gasteiger partial charge in [-0.15, -0.1) is 0 Å². The lowest BCUT2D eigenvalue weighted by atomic mass is 10.0. The first kappa shape index (κ1) is 17.5. The van der Waals surface area contributed by atoms with E-state index < -0.39 is 0 Å². The van der Waals surface area contributed by atoms with Crippen molar-refractivity contribution in [2.75, 3.05) is 6.54 Å². The summed E-state index contributed by atoms with van der Waals surface area (Å²) in [6.07, 6.45) is 1.92. The highest BCUT2D eigenvalue weighted by Gasteiger charge is 2.18. The summed E-state index contributed by atoms with van der Waals surface area (Å²) in [6.45, 7) is 8.42. The van der Waals surface area contributed by atoms with Crippen molar-refractivity contribution in [3.05, 3.63) is 29.8 Å². The van der Waals surface area contributed by atoms with E-state index in [0.717, 1.165) is 24.2 Å². The van der Waals surface area contributed by atoms with Crippen LogP contribution in [0, 0.1) is 5.92 Å². The fraction of sp³-hybridized carbons (Fsp3) is 0.588. The predicted octanol–water partition coefficient (Wildman–Crippen LogP) is 3.03. The Morgan fingerprint density at radius 2 is 2.05 bits per heavy atom. The van der Waals surface area contributed by atoms with Crippen LogP contribution in [0.15, 0.2) is 24.3 Å². The van der Waals surface area contributed by atoms with E-state index in [1.54, 1.807) is 0 Å². The summed E-state index contributed by atoms with van der Waals surface area (Å²) in [5.74, 6) is 0.752. The van der Waals surface area contributed by atoms with Crippen LogP contribution < -0.4 is 15.8 Å². The Hall–Kier alpha value is -1.55. The summed E-state index contributed by atoms with van der Waals surface area (Å²) in [7, 11) is 0. The zero-order chi connectivity index (χ0) is 15.8. The van der Waals surface area contributed by atoms with Crippen LogP contribution in [0.3, 0.4) is 0 Å². The van der Waals surface area contributed by atoms with Crippen LogP contribution >= 0.6 is 0 Å². The molecule has 0 bridgehead atoms. The number of rotatable bonds is 8. The quantitative estimate of drug-likeness (QED) is 0.774. The molecule has 0 radical (unpaired) electrons. The molecule has 0 aromatic heterocycles. The Morgan fingerprint density at radius 1 is 1.33 bits per heavy atom. The minimum atomic E-state index is -0.104. The molecule has 0 saturated carbocycles. The first-order valence-corrected chi connectivity index (χ1v) is 7.75. The fourth-order valence-corrected chi connectivity index (χ4v) is 2.25. The first-order valence-electron chi connectivity index (χ1n) is 7.75. The van der Waals surface area contributed by atoms with Gasteiger partial charge in [0.15, 0.2) is 0 Å². The number of benzene rings is 1. The smallest absolute Gasteiger partial charge is 0.224 e. The molecule has 3 N–H and O–H groups in total. The molecular weight excluding hydrogens is 264 g/mol. The minimum absolute atomic E-state index is 0.0297. The van der Waals surface area contributed by atoms with E-state index in [1.165, 1.54) is 0 Å². The van der Waals surface area contributed by atoms with Gasteiger partial charge in [0.1, 0.15) is 5.75 Å². The second-order valence-corrected chi connectivity index (χ2v) is 5.69. The number of hydrogen-bond donors (Lipinski definition) is 2. The third kappa shape index (κ3) is 5.76.